The van der Waals surface area contributed by atoms with E-state index in [0.717, 1.165) is 36.4 Å². The summed E-state index contributed by atoms with van der Waals surface area (Å²) in [6, 6.07) is 8.03. The lowest BCUT2D eigenvalue weighted by atomic mass is 10.0. The number of carbonyl (C=O) groups excluding carboxylic acids is 4. The highest BCUT2D eigenvalue weighted by molar-refractivity contribution is 6.27. The number of nitro groups is 13. The van der Waals surface area contributed by atoms with Crippen LogP contribution in [0.3, 0.4) is 0 Å². The first kappa shape index (κ1) is 97.1. The Kier molecular flexibility index (Phi) is 31.6. The summed E-state index contributed by atoms with van der Waals surface area (Å²) < 4.78 is 21.8. The minimum absolute atomic E-state index is 0.00749. The van der Waals surface area contributed by atoms with E-state index >= 15 is 0 Å². The molecule has 0 spiro atoms. The Morgan fingerprint density at radius 2 is 0.722 bits per heavy atom. The third kappa shape index (κ3) is 22.8. The second kappa shape index (κ2) is 41.0. The van der Waals surface area contributed by atoms with Crippen LogP contribution in [0.4, 0.5) is 78.9 Å². The first-order chi connectivity index (χ1) is 58.9. The third-order valence-corrected chi connectivity index (χ3v) is 18.7. The van der Waals surface area contributed by atoms with Gasteiger partial charge < -0.3 is 44.6 Å². The van der Waals surface area contributed by atoms with Gasteiger partial charge in [0.15, 0.2) is 5.82 Å². The van der Waals surface area contributed by atoms with Gasteiger partial charge in [0, 0.05) is 87.6 Å². The number of hydrogen-bond donors (Lipinski definition) is 2. The number of nitrogens with zero attached hydrogens (tertiary/aromatic N) is 17. The number of imidazole rings is 1. The first-order valence-corrected chi connectivity index (χ1v) is 37.4. The summed E-state index contributed by atoms with van der Waals surface area (Å²) in [6.07, 6.45) is 0.514. The molecule has 0 aliphatic heterocycles. The molecule has 2 N–H and O–H groups in total. The van der Waals surface area contributed by atoms with Crippen LogP contribution in [0.25, 0.3) is 33.4 Å². The molecule has 0 saturated heterocycles. The lowest BCUT2D eigenvalue weighted by Crippen LogP contribution is -2.36. The van der Waals surface area contributed by atoms with Gasteiger partial charge in [0.1, 0.15) is 6.20 Å². The molecule has 1 heterocycles. The molecule has 53 heteroatoms. The standard InChI is InChI=1S/C21H21N5O10.C21H19N5O10.C20H20N6O10.C11H17N3O4/c2*1-10(2)36-21(27)11(3)4-5-22-20-14-6-12(23(28)29)8-16(25(32)33)18(14)19-15(20)7-13(24(30)31)9-17(19)26(34)35;1-10(2)36-20(27)22(3)5-4-21-19-13-6-11(23(28)29)8-15(25(32)33)17(13)18-14(19)7-12(24(30)31)9-16(18)26(34)35;1-8(2)18-11(15)5-4-6-13-9(3)12-7-10(13)14(16)17/h6-11,20,22H,4-5H2,1-3H3;6-11H,4-5H2,1-3H3;6-10,19,21H,4-5H2,1-3H3;7-8H,4-6H2,1-3H3. The van der Waals surface area contributed by atoms with E-state index in [0.29, 0.717) is 55.2 Å². The minimum Gasteiger partial charge on any atom is -0.463 e. The zero-order valence-electron chi connectivity index (χ0n) is 68.5. The number of aromatic nitrogens is 2. The van der Waals surface area contributed by atoms with E-state index in [1.54, 1.807) is 76.2 Å². The molecule has 6 aromatic carbocycles. The second-order valence-electron chi connectivity index (χ2n) is 29.0. The Morgan fingerprint density at radius 3 is 1.03 bits per heavy atom. The van der Waals surface area contributed by atoms with Crippen molar-refractivity contribution in [2.45, 2.75) is 145 Å². The number of benzene rings is 6. The summed E-state index contributed by atoms with van der Waals surface area (Å²) in [6.45, 7) is 19.0. The van der Waals surface area contributed by atoms with Crippen LogP contribution < -0.4 is 10.6 Å². The second-order valence-corrected chi connectivity index (χ2v) is 29.0. The molecule has 1 amide bonds. The van der Waals surface area contributed by atoms with Crippen molar-refractivity contribution in [3.8, 4) is 33.4 Å². The number of hydrogen-bond acceptors (Lipinski definition) is 38. The summed E-state index contributed by atoms with van der Waals surface area (Å²) in [5, 5.41) is 156. The van der Waals surface area contributed by atoms with Gasteiger partial charge >= 0.3 is 29.8 Å². The summed E-state index contributed by atoms with van der Waals surface area (Å²) in [5.41, 5.74) is -10.4. The Labute approximate surface area is 706 Å². The number of ether oxygens (including phenoxy) is 4. The van der Waals surface area contributed by atoms with E-state index < -0.39 is 174 Å². The third-order valence-electron chi connectivity index (χ3n) is 18.7. The fourth-order valence-corrected chi connectivity index (χ4v) is 13.3. The van der Waals surface area contributed by atoms with E-state index in [1.807, 2.05) is 0 Å². The summed E-state index contributed by atoms with van der Waals surface area (Å²) in [7, 11) is 1.45. The van der Waals surface area contributed by atoms with Crippen LogP contribution in [0.1, 0.15) is 146 Å². The summed E-state index contributed by atoms with van der Waals surface area (Å²) in [5.74, 6) is -1.88. The molecule has 0 fully saturated rings. The highest BCUT2D eigenvalue weighted by atomic mass is 16.7. The van der Waals surface area contributed by atoms with Gasteiger partial charge in [0.05, 0.1) is 189 Å². The topological polar surface area (TPSA) is 723 Å². The number of non-ortho nitro benzene ring substituents is 6. The number of nitrogens with one attached hydrogen (secondary N) is 2. The highest BCUT2D eigenvalue weighted by Gasteiger charge is 2.47. The van der Waals surface area contributed by atoms with Crippen molar-refractivity contribution in [1.29, 1.82) is 0 Å². The van der Waals surface area contributed by atoms with Crippen LogP contribution in [-0.2, 0) is 39.9 Å². The van der Waals surface area contributed by atoms with Gasteiger partial charge in [-0.2, -0.15) is 0 Å². The van der Waals surface area contributed by atoms with Crippen molar-refractivity contribution in [3.05, 3.63) is 250 Å². The summed E-state index contributed by atoms with van der Waals surface area (Å²) >= 11 is 0. The van der Waals surface area contributed by atoms with Crippen LogP contribution in [0.15, 0.2) is 84.0 Å². The number of esters is 3. The number of nitro benzene ring substituents is 12. The maximum Gasteiger partial charge on any atom is 0.409 e. The molecule has 3 aliphatic carbocycles. The molecule has 126 heavy (non-hydrogen) atoms. The first-order valence-electron chi connectivity index (χ1n) is 37.4. The molecule has 3 aliphatic rings. The van der Waals surface area contributed by atoms with E-state index in [1.165, 1.54) is 22.7 Å². The molecule has 10 rings (SSSR count). The molecule has 2 atom stereocenters. The number of amides is 1. The Bertz CT molecular complexity index is 5250. The number of aliphatic imine (C=N–C) groups is 1. The average Bonchev–Trinajstić information content (AvgIpc) is 1.58. The van der Waals surface area contributed by atoms with Crippen molar-refractivity contribution in [2.24, 2.45) is 16.8 Å². The predicted octanol–water partition coefficient (Wildman–Crippen LogP) is 13.4. The van der Waals surface area contributed by atoms with Crippen LogP contribution >= 0.6 is 0 Å². The number of aryl methyl sites for hydroxylation is 1. The SMILES string of the molecule is CC(C)OC(=O)C(C)CCN=C1c2cc([N+](=O)[O-])cc([N+](=O)[O-])c2-c2c1cc([N+](=O)[O-])cc2[N+](=O)[O-].CC(C)OC(=O)C(C)CCNC1c2cc([N+](=O)[O-])cc([N+](=O)[O-])c2-c2c1cc([N+](=O)[O-])cc2[N+](=O)[O-].CC(C)OC(=O)N(C)CCNC1c2cc([N+](=O)[O-])cc([N+](=O)[O-])c2-c2c1cc([N+](=O)[O-])cc2[N+](=O)[O-].Cc1ncc([N+](=O)[O-])n1CCCC(=O)OC(C)C. The van der Waals surface area contributed by atoms with Crippen molar-refractivity contribution in [2.75, 3.05) is 33.2 Å². The number of carbonyl (C=O) groups is 4. The van der Waals surface area contributed by atoms with Crippen LogP contribution in [0.2, 0.25) is 0 Å². The Hall–Kier alpha value is -16.0. The molecule has 668 valence electrons. The molecule has 0 radical (unpaired) electrons. The number of likely N-dealkylation sites (N-methyl/N-ethyl adjacent to an activating group) is 1. The molecule has 2 unspecified atom stereocenters. The van der Waals surface area contributed by atoms with E-state index in [4.69, 9.17) is 18.9 Å². The van der Waals surface area contributed by atoms with Gasteiger partial charge in [-0.3, -0.25) is 141 Å². The zero-order chi connectivity index (χ0) is 94.4. The molecule has 7 aromatic rings. The van der Waals surface area contributed by atoms with Gasteiger partial charge in [-0.1, -0.05) is 13.8 Å². The van der Waals surface area contributed by atoms with Gasteiger partial charge in [0.2, 0.25) is 0 Å². The zero-order valence-corrected chi connectivity index (χ0v) is 68.5. The molecule has 1 aromatic heterocycles. The molecular formula is C73H77N19O34. The van der Waals surface area contributed by atoms with Gasteiger partial charge in [-0.05, 0) is 108 Å². The highest BCUT2D eigenvalue weighted by Crippen LogP contribution is 2.57. The van der Waals surface area contributed by atoms with Crippen molar-refractivity contribution < 1.29 is 102 Å². The van der Waals surface area contributed by atoms with Crippen LogP contribution in [-0.4, -0.2) is 166 Å². The monoisotopic (exact) mass is 1760 g/mol. The number of rotatable bonds is 34. The normalized spacial score (nSPS) is 12.3. The fourth-order valence-electron chi connectivity index (χ4n) is 13.3. The lowest BCUT2D eigenvalue weighted by molar-refractivity contribution is -0.395. The van der Waals surface area contributed by atoms with Crippen molar-refractivity contribution >= 4 is 104 Å². The van der Waals surface area contributed by atoms with Gasteiger partial charge in [-0.25, -0.2) is 14.3 Å². The van der Waals surface area contributed by atoms with Crippen molar-refractivity contribution in [3.63, 3.8) is 0 Å². The van der Waals surface area contributed by atoms with E-state index in [-0.39, 0.29) is 154 Å². The lowest BCUT2D eigenvalue weighted by Gasteiger charge is -2.21. The average molecular weight is 1760 g/mol. The maximum atomic E-state index is 12.1. The smallest absolute Gasteiger partial charge is 0.409 e. The fraction of sp³-hybridized carbons (Fsp3) is 0.397. The summed E-state index contributed by atoms with van der Waals surface area (Å²) in [4.78, 5) is 196. The van der Waals surface area contributed by atoms with Crippen LogP contribution in [0, 0.1) is 150 Å². The van der Waals surface area contributed by atoms with Gasteiger partial charge in [0.25, 0.3) is 68.2 Å². The minimum atomic E-state index is -1.11. The Balaban J connectivity index is 0.000000236. The van der Waals surface area contributed by atoms with Gasteiger partial charge in [-0.15, -0.1) is 0 Å². The Morgan fingerprint density at radius 1 is 0.413 bits per heavy atom. The number of fused-ring (bicyclic) bond motifs is 9. The van der Waals surface area contributed by atoms with Crippen molar-refractivity contribution in [1.82, 2.24) is 25.1 Å². The predicted molar refractivity (Wildman–Crippen MR) is 434 cm³/mol. The van der Waals surface area contributed by atoms with E-state index in [9.17, 15) is 151 Å². The molecule has 0 bridgehead atoms. The van der Waals surface area contributed by atoms with E-state index in [2.05, 4.69) is 20.6 Å². The quantitative estimate of drug-likeness (QED) is 0.0164. The molecular weight excluding hydrogens is 1690 g/mol. The molecule has 53 nitrogen and oxygen atoms in total. The molecule has 0 saturated carbocycles. The maximum absolute atomic E-state index is 12.1. The van der Waals surface area contributed by atoms with Crippen LogP contribution in [0.5, 0.6) is 0 Å². The largest absolute Gasteiger partial charge is 0.463 e.